The molecule has 4 fully saturated rings. The first-order valence-electron chi connectivity index (χ1n) is 8.66. The van der Waals surface area contributed by atoms with Crippen molar-refractivity contribution in [2.45, 2.75) is 51.0 Å². The van der Waals surface area contributed by atoms with Crippen LogP contribution in [0.1, 0.15) is 45.4 Å². The molecule has 1 heterocycles. The molecule has 0 radical (unpaired) electrons. The van der Waals surface area contributed by atoms with E-state index in [1.54, 1.807) is 6.21 Å². The maximum Gasteiger partial charge on any atom is 0.258 e. The van der Waals surface area contributed by atoms with E-state index in [2.05, 4.69) is 22.2 Å². The number of nitrogens with one attached hydrogen (secondary N) is 2. The molecule has 5 rings (SSSR count). The van der Waals surface area contributed by atoms with Crippen molar-refractivity contribution in [3.63, 3.8) is 0 Å². The summed E-state index contributed by atoms with van der Waals surface area (Å²) in [7, 11) is 0. The SMILES string of the molecule is C=C1N=CC(C)=C(OCC(=O)NC23CC4CC(CC(C4)C2)C3)N1. The monoisotopic (exact) mass is 315 g/mol. The zero-order valence-corrected chi connectivity index (χ0v) is 13.7. The largest absolute Gasteiger partial charge is 0.469 e. The lowest BCUT2D eigenvalue weighted by molar-refractivity contribution is -0.130. The van der Waals surface area contributed by atoms with Gasteiger partial charge >= 0.3 is 0 Å². The first-order valence-corrected chi connectivity index (χ1v) is 8.66. The highest BCUT2D eigenvalue weighted by Crippen LogP contribution is 2.55. The molecule has 1 aliphatic heterocycles. The highest BCUT2D eigenvalue weighted by atomic mass is 16.5. The van der Waals surface area contributed by atoms with Gasteiger partial charge in [-0.25, -0.2) is 4.99 Å². The van der Waals surface area contributed by atoms with Crippen molar-refractivity contribution >= 4 is 12.1 Å². The average molecular weight is 315 g/mol. The van der Waals surface area contributed by atoms with Crippen molar-refractivity contribution in [2.75, 3.05) is 6.61 Å². The number of aliphatic imine (C=N–C) groups is 1. The third-order valence-electron chi connectivity index (χ3n) is 5.82. The number of amides is 1. The summed E-state index contributed by atoms with van der Waals surface area (Å²) in [5.41, 5.74) is 0.920. The van der Waals surface area contributed by atoms with Crippen LogP contribution in [-0.4, -0.2) is 24.3 Å². The summed E-state index contributed by atoms with van der Waals surface area (Å²) in [5.74, 6) is 3.57. The Balaban J connectivity index is 1.36. The van der Waals surface area contributed by atoms with Gasteiger partial charge in [0.1, 0.15) is 5.82 Å². The molecule has 2 N–H and O–H groups in total. The van der Waals surface area contributed by atoms with Gasteiger partial charge in [0.2, 0.25) is 0 Å². The molecule has 0 saturated heterocycles. The zero-order chi connectivity index (χ0) is 16.0. The number of hydrogen-bond donors (Lipinski definition) is 2. The first kappa shape index (κ1) is 14.8. The van der Waals surface area contributed by atoms with Gasteiger partial charge in [0, 0.05) is 17.3 Å². The fourth-order valence-electron chi connectivity index (χ4n) is 5.38. The van der Waals surface area contributed by atoms with Gasteiger partial charge in [-0.15, -0.1) is 0 Å². The van der Waals surface area contributed by atoms with Crippen LogP contribution in [0.2, 0.25) is 0 Å². The van der Waals surface area contributed by atoms with Gasteiger partial charge in [-0.3, -0.25) is 4.79 Å². The highest BCUT2D eigenvalue weighted by Gasteiger charge is 2.51. The highest BCUT2D eigenvalue weighted by molar-refractivity contribution is 5.81. The summed E-state index contributed by atoms with van der Waals surface area (Å²) < 4.78 is 5.65. The fourth-order valence-corrected chi connectivity index (χ4v) is 5.38. The molecule has 4 saturated carbocycles. The number of allylic oxidation sites excluding steroid dienone is 1. The van der Waals surface area contributed by atoms with Crippen LogP contribution in [0.25, 0.3) is 0 Å². The lowest BCUT2D eigenvalue weighted by Crippen LogP contribution is -2.60. The van der Waals surface area contributed by atoms with Gasteiger partial charge in [0.25, 0.3) is 5.91 Å². The van der Waals surface area contributed by atoms with E-state index in [1.807, 2.05) is 6.92 Å². The van der Waals surface area contributed by atoms with Crippen LogP contribution in [0.3, 0.4) is 0 Å². The van der Waals surface area contributed by atoms with Crippen LogP contribution in [0.15, 0.2) is 28.8 Å². The second-order valence-electron chi connectivity index (χ2n) is 7.88. The van der Waals surface area contributed by atoms with E-state index in [9.17, 15) is 4.79 Å². The second kappa shape index (κ2) is 5.39. The van der Waals surface area contributed by atoms with Crippen LogP contribution in [0, 0.1) is 17.8 Å². The predicted octanol–water partition coefficient (Wildman–Crippen LogP) is 2.46. The van der Waals surface area contributed by atoms with Crippen molar-refractivity contribution in [2.24, 2.45) is 22.7 Å². The van der Waals surface area contributed by atoms with Crippen molar-refractivity contribution in [1.82, 2.24) is 10.6 Å². The smallest absolute Gasteiger partial charge is 0.258 e. The van der Waals surface area contributed by atoms with E-state index in [-0.39, 0.29) is 18.1 Å². The minimum absolute atomic E-state index is 0.0119. The van der Waals surface area contributed by atoms with Gasteiger partial charge < -0.3 is 15.4 Å². The van der Waals surface area contributed by atoms with E-state index in [0.29, 0.717) is 11.7 Å². The van der Waals surface area contributed by atoms with E-state index in [4.69, 9.17) is 4.74 Å². The van der Waals surface area contributed by atoms with E-state index >= 15 is 0 Å². The maximum absolute atomic E-state index is 12.4. The molecule has 1 amide bonds. The lowest BCUT2D eigenvalue weighted by Gasteiger charge is -2.56. The summed E-state index contributed by atoms with van der Waals surface area (Å²) >= 11 is 0. The van der Waals surface area contributed by atoms with E-state index < -0.39 is 0 Å². The normalized spacial score (nSPS) is 37.8. The molecule has 0 aromatic rings. The number of ether oxygens (including phenoxy) is 1. The summed E-state index contributed by atoms with van der Waals surface area (Å²) in [4.78, 5) is 16.5. The van der Waals surface area contributed by atoms with Crippen molar-refractivity contribution in [3.05, 3.63) is 23.9 Å². The minimum atomic E-state index is -0.0119. The van der Waals surface area contributed by atoms with Gasteiger partial charge in [0.05, 0.1) is 0 Å². The van der Waals surface area contributed by atoms with Crippen LogP contribution >= 0.6 is 0 Å². The first-order chi connectivity index (χ1) is 11.0. The zero-order valence-electron chi connectivity index (χ0n) is 13.7. The van der Waals surface area contributed by atoms with Crippen LogP contribution in [-0.2, 0) is 9.53 Å². The Kier molecular flexibility index (Phi) is 3.47. The van der Waals surface area contributed by atoms with Gasteiger partial charge in [-0.05, 0) is 63.2 Å². The average Bonchev–Trinajstić information content (AvgIpc) is 2.46. The van der Waals surface area contributed by atoms with Crippen LogP contribution in [0.5, 0.6) is 0 Å². The van der Waals surface area contributed by atoms with Crippen LogP contribution < -0.4 is 10.6 Å². The molecule has 0 spiro atoms. The molecule has 124 valence electrons. The van der Waals surface area contributed by atoms with Gasteiger partial charge in [-0.1, -0.05) is 6.58 Å². The number of carbonyl (C=O) groups is 1. The number of carbonyl (C=O) groups excluding carboxylic acids is 1. The maximum atomic E-state index is 12.4. The molecule has 23 heavy (non-hydrogen) atoms. The van der Waals surface area contributed by atoms with Crippen molar-refractivity contribution in [1.29, 1.82) is 0 Å². The quantitative estimate of drug-likeness (QED) is 0.838. The number of hydrogen-bond acceptors (Lipinski definition) is 4. The molecule has 0 aromatic heterocycles. The number of rotatable bonds is 4. The van der Waals surface area contributed by atoms with Crippen molar-refractivity contribution in [3.8, 4) is 0 Å². The molecule has 4 bridgehead atoms. The molecular formula is C18H25N3O2. The minimum Gasteiger partial charge on any atom is -0.469 e. The Morgan fingerprint density at radius 1 is 1.35 bits per heavy atom. The van der Waals surface area contributed by atoms with E-state index in [1.165, 1.54) is 19.3 Å². The van der Waals surface area contributed by atoms with Gasteiger partial charge in [-0.2, -0.15) is 0 Å². The molecule has 0 unspecified atom stereocenters. The molecule has 5 heteroatoms. The summed E-state index contributed by atoms with van der Waals surface area (Å²) in [5, 5.41) is 6.29. The third kappa shape index (κ3) is 2.89. The Labute approximate surface area is 137 Å². The molecular weight excluding hydrogens is 290 g/mol. The molecule has 5 nitrogen and oxygen atoms in total. The Hall–Kier alpha value is -1.78. The molecule has 4 aliphatic carbocycles. The van der Waals surface area contributed by atoms with E-state index in [0.717, 1.165) is 42.6 Å². The molecule has 0 aromatic carbocycles. The lowest BCUT2D eigenvalue weighted by atomic mass is 9.53. The Morgan fingerprint density at radius 2 is 1.96 bits per heavy atom. The standard InChI is InChI=1S/C18H25N3O2/c1-11-9-19-12(2)20-17(11)23-10-16(22)21-18-6-13-3-14(7-18)5-15(4-13)8-18/h9,13-15,20H,2-8,10H2,1H3,(H,21,22). The summed E-state index contributed by atoms with van der Waals surface area (Å²) in [6.07, 6.45) is 9.32. The Bertz CT molecular complexity index is 570. The molecule has 0 atom stereocenters. The predicted molar refractivity (Wildman–Crippen MR) is 88.5 cm³/mol. The van der Waals surface area contributed by atoms with Crippen LogP contribution in [0.4, 0.5) is 0 Å². The fraction of sp³-hybridized carbons (Fsp3) is 0.667. The summed E-state index contributed by atoms with van der Waals surface area (Å²) in [6.45, 7) is 5.69. The third-order valence-corrected chi connectivity index (χ3v) is 5.82. The van der Waals surface area contributed by atoms with Crippen molar-refractivity contribution < 1.29 is 9.53 Å². The topological polar surface area (TPSA) is 62.7 Å². The Morgan fingerprint density at radius 3 is 2.57 bits per heavy atom. The number of nitrogens with zero attached hydrogens (tertiary/aromatic N) is 1. The second-order valence-corrected chi connectivity index (χ2v) is 7.88. The summed E-state index contributed by atoms with van der Waals surface area (Å²) in [6, 6.07) is 0. The van der Waals surface area contributed by atoms with Gasteiger partial charge in [0.15, 0.2) is 12.5 Å². The molecule has 5 aliphatic rings.